The zero-order valence-electron chi connectivity index (χ0n) is 15.2. The SMILES string of the molecule is CN1C(=O)N(CC(=O)c2ccccc2)C(=O)C1(C)C1C[C@H]2C=C[C@@H]1CC2. The molecule has 136 valence electrons. The van der Waals surface area contributed by atoms with Gasteiger partial charge in [0.15, 0.2) is 5.78 Å². The fourth-order valence-electron chi connectivity index (χ4n) is 4.87. The van der Waals surface area contributed by atoms with Crippen LogP contribution in [0.3, 0.4) is 0 Å². The van der Waals surface area contributed by atoms with E-state index in [0.29, 0.717) is 17.4 Å². The van der Waals surface area contributed by atoms with E-state index in [1.54, 1.807) is 36.2 Å². The minimum Gasteiger partial charge on any atom is -0.313 e. The van der Waals surface area contributed by atoms with Gasteiger partial charge in [-0.15, -0.1) is 0 Å². The maximum absolute atomic E-state index is 13.3. The molecule has 5 heteroatoms. The van der Waals surface area contributed by atoms with Crippen molar-refractivity contribution in [2.45, 2.75) is 31.7 Å². The number of carbonyl (C=O) groups is 3. The van der Waals surface area contributed by atoms with Gasteiger partial charge >= 0.3 is 6.03 Å². The summed E-state index contributed by atoms with van der Waals surface area (Å²) in [5.74, 6) is 0.492. The number of hydrogen-bond acceptors (Lipinski definition) is 3. The molecule has 3 aliphatic carbocycles. The summed E-state index contributed by atoms with van der Waals surface area (Å²) in [4.78, 5) is 41.3. The fraction of sp³-hybridized carbons (Fsp3) is 0.476. The molecule has 1 saturated carbocycles. The highest BCUT2D eigenvalue weighted by molar-refractivity contribution is 6.11. The van der Waals surface area contributed by atoms with Gasteiger partial charge in [0.25, 0.3) is 5.91 Å². The molecule has 0 N–H and O–H groups in total. The van der Waals surface area contributed by atoms with E-state index < -0.39 is 5.54 Å². The van der Waals surface area contributed by atoms with Crippen molar-refractivity contribution in [1.82, 2.24) is 9.80 Å². The summed E-state index contributed by atoms with van der Waals surface area (Å²) < 4.78 is 0. The molecule has 0 radical (unpaired) electrons. The van der Waals surface area contributed by atoms with Crippen LogP contribution < -0.4 is 0 Å². The second-order valence-electron chi connectivity index (χ2n) is 7.90. The second kappa shape index (κ2) is 6.08. The lowest BCUT2D eigenvalue weighted by Gasteiger charge is -2.47. The summed E-state index contributed by atoms with van der Waals surface area (Å²) >= 11 is 0. The average Bonchev–Trinajstić information content (AvgIpc) is 2.85. The molecular formula is C21H24N2O3. The van der Waals surface area contributed by atoms with Crippen molar-refractivity contribution in [1.29, 1.82) is 0 Å². The predicted molar refractivity (Wildman–Crippen MR) is 97.5 cm³/mol. The van der Waals surface area contributed by atoms with Crippen LogP contribution in [0, 0.1) is 17.8 Å². The van der Waals surface area contributed by atoms with Crippen LogP contribution in [-0.4, -0.2) is 46.7 Å². The minimum atomic E-state index is -0.873. The van der Waals surface area contributed by atoms with Gasteiger partial charge in [0.05, 0.1) is 6.54 Å². The number of fused-ring (bicyclic) bond motifs is 2. The van der Waals surface area contributed by atoms with E-state index in [2.05, 4.69) is 12.2 Å². The first-order valence-electron chi connectivity index (χ1n) is 9.29. The van der Waals surface area contributed by atoms with E-state index in [0.717, 1.165) is 24.2 Å². The first-order chi connectivity index (χ1) is 12.4. The van der Waals surface area contributed by atoms with E-state index in [9.17, 15) is 14.4 Å². The van der Waals surface area contributed by atoms with Gasteiger partial charge in [-0.25, -0.2) is 4.79 Å². The highest BCUT2D eigenvalue weighted by Gasteiger charge is 2.59. The van der Waals surface area contributed by atoms with E-state index in [1.807, 2.05) is 13.0 Å². The van der Waals surface area contributed by atoms with Gasteiger partial charge in [-0.3, -0.25) is 14.5 Å². The van der Waals surface area contributed by atoms with Crippen LogP contribution in [0.1, 0.15) is 36.5 Å². The number of benzene rings is 1. The second-order valence-corrected chi connectivity index (χ2v) is 7.90. The molecule has 2 bridgehead atoms. The Labute approximate surface area is 153 Å². The van der Waals surface area contributed by atoms with E-state index >= 15 is 0 Å². The van der Waals surface area contributed by atoms with Crippen molar-refractivity contribution in [3.8, 4) is 0 Å². The number of urea groups is 1. The lowest BCUT2D eigenvalue weighted by molar-refractivity contribution is -0.136. The first kappa shape index (κ1) is 17.0. The van der Waals surface area contributed by atoms with Gasteiger partial charge in [0.2, 0.25) is 0 Å². The Morgan fingerprint density at radius 3 is 2.46 bits per heavy atom. The molecule has 1 aromatic rings. The molecule has 4 aliphatic rings. The molecule has 1 aliphatic heterocycles. The van der Waals surface area contributed by atoms with Crippen molar-refractivity contribution in [2.24, 2.45) is 17.8 Å². The molecule has 0 spiro atoms. The summed E-state index contributed by atoms with van der Waals surface area (Å²) in [6.45, 7) is 1.68. The zero-order chi connectivity index (χ0) is 18.5. The normalized spacial score (nSPS) is 33.2. The van der Waals surface area contributed by atoms with Crippen molar-refractivity contribution < 1.29 is 14.4 Å². The molecule has 26 heavy (non-hydrogen) atoms. The van der Waals surface area contributed by atoms with Crippen LogP contribution in [-0.2, 0) is 4.79 Å². The van der Waals surface area contributed by atoms with Gasteiger partial charge < -0.3 is 4.90 Å². The van der Waals surface area contributed by atoms with Crippen molar-refractivity contribution in [2.75, 3.05) is 13.6 Å². The number of likely N-dealkylation sites (N-methyl/N-ethyl adjacent to an activating group) is 1. The Morgan fingerprint density at radius 1 is 1.15 bits per heavy atom. The van der Waals surface area contributed by atoms with Gasteiger partial charge in [-0.05, 0) is 43.9 Å². The van der Waals surface area contributed by atoms with Crippen molar-refractivity contribution in [3.63, 3.8) is 0 Å². The molecule has 0 aromatic heterocycles. The van der Waals surface area contributed by atoms with E-state index in [1.165, 1.54) is 0 Å². The standard InChI is InChI=1S/C21H24N2O3/c1-21(17-12-14-8-10-15(17)11-9-14)19(25)23(20(26)22(21)2)13-18(24)16-6-4-3-5-7-16/h3-8,10,14-15,17H,9,11-13H2,1-2H3/t14-,15+,17?,21?/m0/s1. The Balaban J connectivity index is 1.59. The van der Waals surface area contributed by atoms with Gasteiger partial charge in [-0.1, -0.05) is 42.5 Å². The Morgan fingerprint density at radius 2 is 1.88 bits per heavy atom. The third-order valence-corrected chi connectivity index (χ3v) is 6.59. The summed E-state index contributed by atoms with van der Waals surface area (Å²) in [5, 5.41) is 0. The molecule has 5 nitrogen and oxygen atoms in total. The third kappa shape index (κ3) is 2.41. The smallest absolute Gasteiger partial charge is 0.313 e. The molecule has 1 saturated heterocycles. The first-order valence-corrected chi connectivity index (χ1v) is 9.29. The number of ketones is 1. The van der Waals surface area contributed by atoms with Crippen LogP contribution in [0.5, 0.6) is 0 Å². The van der Waals surface area contributed by atoms with Crippen LogP contribution in [0.15, 0.2) is 42.5 Å². The third-order valence-electron chi connectivity index (χ3n) is 6.59. The average molecular weight is 352 g/mol. The van der Waals surface area contributed by atoms with Gasteiger partial charge in [0.1, 0.15) is 5.54 Å². The Kier molecular flexibility index (Phi) is 3.98. The number of Topliss-reactive ketones (excluding diaryl/α,β-unsaturated/α-hetero) is 1. The Hall–Kier alpha value is -2.43. The molecule has 2 fully saturated rings. The minimum absolute atomic E-state index is 0.115. The Bertz CT molecular complexity index is 788. The molecule has 5 rings (SSSR count). The van der Waals surface area contributed by atoms with Crippen LogP contribution >= 0.6 is 0 Å². The highest BCUT2D eigenvalue weighted by Crippen LogP contribution is 2.49. The maximum Gasteiger partial charge on any atom is 0.327 e. The number of amides is 3. The summed E-state index contributed by atoms with van der Waals surface area (Å²) in [6.07, 6.45) is 7.64. The lowest BCUT2D eigenvalue weighted by Crippen LogP contribution is -2.55. The largest absolute Gasteiger partial charge is 0.327 e. The summed E-state index contributed by atoms with van der Waals surface area (Å²) in [5.41, 5.74) is -0.355. The summed E-state index contributed by atoms with van der Waals surface area (Å²) in [6, 6.07) is 8.44. The van der Waals surface area contributed by atoms with Crippen LogP contribution in [0.25, 0.3) is 0 Å². The van der Waals surface area contributed by atoms with Gasteiger partial charge in [-0.2, -0.15) is 0 Å². The topological polar surface area (TPSA) is 57.7 Å². The molecule has 1 heterocycles. The maximum atomic E-state index is 13.3. The quantitative estimate of drug-likeness (QED) is 0.475. The van der Waals surface area contributed by atoms with E-state index in [-0.39, 0.29) is 30.2 Å². The number of nitrogens with zero attached hydrogens (tertiary/aromatic N) is 2. The van der Waals surface area contributed by atoms with Crippen molar-refractivity contribution >= 4 is 17.7 Å². The molecule has 1 aromatic carbocycles. The molecule has 2 unspecified atom stereocenters. The number of allylic oxidation sites excluding steroid dienone is 2. The highest BCUT2D eigenvalue weighted by atomic mass is 16.2. The van der Waals surface area contributed by atoms with E-state index in [4.69, 9.17) is 0 Å². The zero-order valence-corrected chi connectivity index (χ0v) is 15.2. The molecule has 3 amide bonds. The predicted octanol–water partition coefficient (Wildman–Crippen LogP) is 3.12. The number of carbonyl (C=O) groups excluding carboxylic acids is 3. The molecular weight excluding hydrogens is 328 g/mol. The van der Waals surface area contributed by atoms with Crippen LogP contribution in [0.2, 0.25) is 0 Å². The van der Waals surface area contributed by atoms with Crippen LogP contribution in [0.4, 0.5) is 4.79 Å². The fourth-order valence-corrected chi connectivity index (χ4v) is 4.87. The number of hydrogen-bond donors (Lipinski definition) is 0. The molecule has 4 atom stereocenters. The monoisotopic (exact) mass is 352 g/mol. The lowest BCUT2D eigenvalue weighted by atomic mass is 9.62. The number of rotatable bonds is 4. The number of imide groups is 1. The van der Waals surface area contributed by atoms with Crippen molar-refractivity contribution in [3.05, 3.63) is 48.0 Å². The van der Waals surface area contributed by atoms with Gasteiger partial charge in [0, 0.05) is 12.6 Å². The summed E-state index contributed by atoms with van der Waals surface area (Å²) in [7, 11) is 1.69.